The number of hydrogen-bond acceptors (Lipinski definition) is 9. The summed E-state index contributed by atoms with van der Waals surface area (Å²) >= 11 is 0. The van der Waals surface area contributed by atoms with Crippen molar-refractivity contribution in [3.8, 4) is 11.8 Å². The molecule has 4 aromatic rings. The van der Waals surface area contributed by atoms with Gasteiger partial charge in [0.1, 0.15) is 41.3 Å². The molecule has 11 heteroatoms. The summed E-state index contributed by atoms with van der Waals surface area (Å²) in [7, 11) is 0. The molecule has 4 heterocycles. The summed E-state index contributed by atoms with van der Waals surface area (Å²) in [6, 6.07) is 13.6. The van der Waals surface area contributed by atoms with Gasteiger partial charge in [-0.25, -0.2) is 28.7 Å². The number of hydrogen-bond donors (Lipinski definition) is 0. The number of aromatic nitrogens is 4. The minimum atomic E-state index is -0.401. The molecule has 0 radical (unpaired) electrons. The Morgan fingerprint density at radius 2 is 1.02 bits per heavy atom. The Morgan fingerprint density at radius 1 is 0.643 bits per heavy atom. The summed E-state index contributed by atoms with van der Waals surface area (Å²) in [6.45, 7) is 16.4. The van der Waals surface area contributed by atoms with Gasteiger partial charge in [0.15, 0.2) is 0 Å². The third-order valence-corrected chi connectivity index (χ3v) is 11.0. The van der Waals surface area contributed by atoms with E-state index in [0.29, 0.717) is 48.8 Å². The van der Waals surface area contributed by atoms with Gasteiger partial charge in [-0.3, -0.25) is 14.6 Å². The molecule has 0 spiro atoms. The smallest absolute Gasteiger partial charge is 0.221 e. The highest BCUT2D eigenvalue weighted by molar-refractivity contribution is 5.84. The molecule has 0 N–H and O–H groups in total. The molecule has 9 nitrogen and oxygen atoms in total. The Bertz CT molecular complexity index is 1760. The van der Waals surface area contributed by atoms with Crippen LogP contribution in [-0.2, 0) is 30.7 Å². The van der Waals surface area contributed by atoms with Gasteiger partial charge in [-0.2, -0.15) is 0 Å². The van der Waals surface area contributed by atoms with E-state index in [-0.39, 0.29) is 29.3 Å². The number of Topliss-reactive ketones (excluding diaryl/α,β-unsaturated/α-hetero) is 1. The number of halogens is 2. The lowest BCUT2D eigenvalue weighted by atomic mass is 9.69. The normalized spacial score (nSPS) is 17.7. The largest absolute Gasteiger partial charge is 0.472 e. The number of carbonyl (C=O) groups excluding carboxylic acids is 1. The monoisotopic (exact) mass is 768 g/mol. The molecule has 2 aliphatic rings. The van der Waals surface area contributed by atoms with Crippen molar-refractivity contribution >= 4 is 5.78 Å². The number of ether oxygens (including phenoxy) is 2. The van der Waals surface area contributed by atoms with Crippen LogP contribution in [0.1, 0.15) is 89.5 Å². The molecule has 2 aliphatic heterocycles. The number of carbonyl (C=O) groups is 1. The highest BCUT2D eigenvalue weighted by Gasteiger charge is 2.40. The minimum Gasteiger partial charge on any atom is -0.472 e. The topological polar surface area (TPSA) is 93.6 Å². The molecule has 56 heavy (non-hydrogen) atoms. The van der Waals surface area contributed by atoms with Crippen LogP contribution in [0, 0.1) is 35.3 Å². The lowest BCUT2D eigenvalue weighted by molar-refractivity contribution is -0.131. The van der Waals surface area contributed by atoms with Crippen LogP contribution in [-0.4, -0.2) is 72.9 Å². The van der Waals surface area contributed by atoms with Crippen LogP contribution in [0.25, 0.3) is 0 Å². The standard InChI is InChI=1S/C45H58F2N6O3/c1-44(2,3)55-42-35(25-48-29-50-42)27-52-19-15-31(16-20-52)37(23-33-11-7-9-13-39(33)46)41(54)38(24-34-12-8-10-14-40(34)47)32-17-21-53(22-18-32)28-36-26-49-30-51-43(36)56-45(4,5)6/h7-14,25-26,29-32,37-38H,15-24,27-28H2,1-6H3. The van der Waals surface area contributed by atoms with Gasteiger partial charge in [-0.05, 0) is 141 Å². The summed E-state index contributed by atoms with van der Waals surface area (Å²) < 4.78 is 42.9. The van der Waals surface area contributed by atoms with Gasteiger partial charge in [0, 0.05) is 48.4 Å². The Hall–Kier alpha value is -4.35. The Balaban J connectivity index is 1.21. The first kappa shape index (κ1) is 41.3. The van der Waals surface area contributed by atoms with Gasteiger partial charge < -0.3 is 9.47 Å². The van der Waals surface area contributed by atoms with Gasteiger partial charge in [-0.1, -0.05) is 36.4 Å². The first-order chi connectivity index (χ1) is 26.7. The number of ketones is 1. The minimum absolute atomic E-state index is 0.0539. The van der Waals surface area contributed by atoms with Gasteiger partial charge in [0.05, 0.1) is 0 Å². The first-order valence-electron chi connectivity index (χ1n) is 20.1. The van der Waals surface area contributed by atoms with E-state index < -0.39 is 23.0 Å². The van der Waals surface area contributed by atoms with Gasteiger partial charge in [0.25, 0.3) is 0 Å². The first-order valence-corrected chi connectivity index (χ1v) is 20.1. The number of likely N-dealkylation sites (tertiary alicyclic amines) is 2. The highest BCUT2D eigenvalue weighted by Crippen LogP contribution is 2.38. The fourth-order valence-corrected chi connectivity index (χ4v) is 8.26. The third kappa shape index (κ3) is 11.4. The molecule has 2 fully saturated rings. The van der Waals surface area contributed by atoms with E-state index >= 15 is 13.6 Å². The van der Waals surface area contributed by atoms with Crippen molar-refractivity contribution in [2.24, 2.45) is 23.7 Å². The molecule has 0 aliphatic carbocycles. The number of piperidine rings is 2. The number of nitrogens with zero attached hydrogens (tertiary/aromatic N) is 6. The van der Waals surface area contributed by atoms with E-state index in [1.807, 2.05) is 66.1 Å². The molecular formula is C45H58F2N6O3. The molecule has 2 unspecified atom stereocenters. The molecule has 300 valence electrons. The summed E-state index contributed by atoms with van der Waals surface area (Å²) in [6.07, 6.45) is 10.4. The number of benzene rings is 2. The van der Waals surface area contributed by atoms with E-state index in [9.17, 15) is 0 Å². The molecule has 0 amide bonds. The molecule has 2 aromatic heterocycles. The molecular weight excluding hydrogens is 711 g/mol. The van der Waals surface area contributed by atoms with Crippen molar-refractivity contribution < 1.29 is 23.0 Å². The molecule has 0 bridgehead atoms. The predicted molar refractivity (Wildman–Crippen MR) is 213 cm³/mol. The summed E-state index contributed by atoms with van der Waals surface area (Å²) in [5.41, 5.74) is 2.16. The van der Waals surface area contributed by atoms with Gasteiger partial charge in [0.2, 0.25) is 11.8 Å². The molecule has 0 saturated carbocycles. The Kier molecular flexibility index (Phi) is 13.5. The SMILES string of the molecule is CC(C)(C)Oc1ncncc1CN1CCC(C(Cc2ccccc2F)C(=O)C(Cc2ccccc2F)C2CCN(Cc3cncnc3OC(C)(C)C)CC2)CC1. The van der Waals surface area contributed by atoms with Crippen LogP contribution in [0.5, 0.6) is 11.8 Å². The zero-order valence-electron chi connectivity index (χ0n) is 33.9. The molecule has 2 atom stereocenters. The lowest BCUT2D eigenvalue weighted by Crippen LogP contribution is -2.44. The molecule has 2 aromatic carbocycles. The van der Waals surface area contributed by atoms with Gasteiger partial charge in [-0.15, -0.1) is 0 Å². The van der Waals surface area contributed by atoms with E-state index in [2.05, 4.69) is 29.7 Å². The average molecular weight is 769 g/mol. The van der Waals surface area contributed by atoms with Crippen molar-refractivity contribution in [2.45, 2.75) is 104 Å². The lowest BCUT2D eigenvalue weighted by Gasteiger charge is -2.40. The van der Waals surface area contributed by atoms with Crippen molar-refractivity contribution in [1.29, 1.82) is 0 Å². The Morgan fingerprint density at radius 3 is 1.38 bits per heavy atom. The number of rotatable bonds is 14. The summed E-state index contributed by atoms with van der Waals surface area (Å²) in [4.78, 5) is 37.3. The van der Waals surface area contributed by atoms with E-state index in [1.165, 1.54) is 24.8 Å². The highest BCUT2D eigenvalue weighted by atomic mass is 19.1. The fourth-order valence-electron chi connectivity index (χ4n) is 8.26. The zero-order chi connectivity index (χ0) is 39.9. The summed E-state index contributed by atoms with van der Waals surface area (Å²) in [5, 5.41) is 0. The van der Waals surface area contributed by atoms with Crippen molar-refractivity contribution in [1.82, 2.24) is 29.7 Å². The maximum atomic E-state index is 15.3. The second kappa shape index (κ2) is 18.3. The fraction of sp³-hybridized carbons (Fsp3) is 0.533. The van der Waals surface area contributed by atoms with E-state index in [1.54, 1.807) is 24.3 Å². The maximum Gasteiger partial charge on any atom is 0.221 e. The zero-order valence-corrected chi connectivity index (χ0v) is 33.9. The van der Waals surface area contributed by atoms with Crippen LogP contribution in [0.4, 0.5) is 8.78 Å². The quantitative estimate of drug-likeness (QED) is 0.126. The molecule has 6 rings (SSSR count). The van der Waals surface area contributed by atoms with Crippen LogP contribution >= 0.6 is 0 Å². The van der Waals surface area contributed by atoms with Crippen LogP contribution in [0.2, 0.25) is 0 Å². The third-order valence-electron chi connectivity index (χ3n) is 11.0. The van der Waals surface area contributed by atoms with Crippen LogP contribution < -0.4 is 9.47 Å². The van der Waals surface area contributed by atoms with Crippen molar-refractivity contribution in [2.75, 3.05) is 26.2 Å². The summed E-state index contributed by atoms with van der Waals surface area (Å²) in [5.74, 6) is 0.0118. The second-order valence-electron chi connectivity index (χ2n) is 17.6. The Labute approximate surface area is 331 Å². The second-order valence-corrected chi connectivity index (χ2v) is 17.6. The maximum absolute atomic E-state index is 15.3. The predicted octanol–water partition coefficient (Wildman–Crippen LogP) is 8.31. The van der Waals surface area contributed by atoms with Gasteiger partial charge >= 0.3 is 0 Å². The average Bonchev–Trinajstić information content (AvgIpc) is 3.15. The van der Waals surface area contributed by atoms with E-state index in [0.717, 1.165) is 63.0 Å². The molecule has 2 saturated heterocycles. The van der Waals surface area contributed by atoms with Crippen molar-refractivity contribution in [3.63, 3.8) is 0 Å². The van der Waals surface area contributed by atoms with Crippen LogP contribution in [0.15, 0.2) is 73.6 Å². The van der Waals surface area contributed by atoms with E-state index in [4.69, 9.17) is 9.47 Å². The van der Waals surface area contributed by atoms with Crippen molar-refractivity contribution in [3.05, 3.63) is 107 Å². The van der Waals surface area contributed by atoms with Crippen LogP contribution in [0.3, 0.4) is 0 Å².